The smallest absolute Gasteiger partial charge is 0.215 e. The van der Waals surface area contributed by atoms with Gasteiger partial charge in [0, 0.05) is 13.1 Å². The van der Waals surface area contributed by atoms with Gasteiger partial charge in [-0.2, -0.15) is 0 Å². The van der Waals surface area contributed by atoms with Gasteiger partial charge in [0.25, 0.3) is 0 Å². The van der Waals surface area contributed by atoms with Crippen LogP contribution in [0.25, 0.3) is 0 Å². The molecule has 2 aromatic carbocycles. The highest BCUT2D eigenvalue weighted by molar-refractivity contribution is 7.90. The summed E-state index contributed by atoms with van der Waals surface area (Å²) in [6, 6.07) is 16.2. The molecule has 8 heteroatoms. The molecule has 0 aromatic heterocycles. The first-order valence-corrected chi connectivity index (χ1v) is 16.3. The van der Waals surface area contributed by atoms with Gasteiger partial charge in [0.05, 0.1) is 11.0 Å². The normalized spacial score (nSPS) is 19.9. The summed E-state index contributed by atoms with van der Waals surface area (Å²) in [7, 11) is -6.57. The lowest BCUT2D eigenvalue weighted by molar-refractivity contribution is 0.246. The zero-order valence-electron chi connectivity index (χ0n) is 22.0. The lowest BCUT2D eigenvalue weighted by atomic mass is 9.74. The maximum atomic E-state index is 12.4. The van der Waals surface area contributed by atoms with Crippen LogP contribution < -0.4 is 9.44 Å². The van der Waals surface area contributed by atoms with Gasteiger partial charge in [-0.05, 0) is 87.3 Å². The zero-order valence-corrected chi connectivity index (χ0v) is 23.7. The van der Waals surface area contributed by atoms with Crippen LogP contribution in [-0.2, 0) is 32.2 Å². The molecule has 2 N–H and O–H groups in total. The number of benzene rings is 2. The van der Waals surface area contributed by atoms with Crippen LogP contribution in [0.2, 0.25) is 0 Å². The van der Waals surface area contributed by atoms with E-state index < -0.39 is 25.3 Å². The van der Waals surface area contributed by atoms with Gasteiger partial charge in [-0.1, -0.05) is 61.0 Å². The van der Waals surface area contributed by atoms with E-state index in [9.17, 15) is 16.8 Å². The highest BCUT2D eigenvalue weighted by Gasteiger charge is 2.27. The van der Waals surface area contributed by atoms with Crippen molar-refractivity contribution in [3.05, 3.63) is 70.8 Å². The van der Waals surface area contributed by atoms with Crippen LogP contribution in [-0.4, -0.2) is 35.2 Å². The third kappa shape index (κ3) is 8.68. The molecule has 0 bridgehead atoms. The standard InChI is InChI=1S/C28H42N2O4S2/c1-21(2)36(33,34)30-19-23(4)26-13-15-28(16-14-26)27-11-9-24(10-12-27)17-18-29-35(31,32)20-25-7-5-22(3)6-8-25/h5-12,21,23,26,28-30H,13-20H2,1-4H3. The van der Waals surface area contributed by atoms with Gasteiger partial charge in [0.15, 0.2) is 0 Å². The number of rotatable bonds is 12. The molecule has 0 heterocycles. The highest BCUT2D eigenvalue weighted by atomic mass is 32.2. The summed E-state index contributed by atoms with van der Waals surface area (Å²) in [6.07, 6.45) is 5.11. The number of aryl methyl sites for hydroxylation is 1. The summed E-state index contributed by atoms with van der Waals surface area (Å²) in [5.41, 5.74) is 4.36. The summed E-state index contributed by atoms with van der Waals surface area (Å²) in [4.78, 5) is 0. The minimum Gasteiger partial charge on any atom is -0.215 e. The lowest BCUT2D eigenvalue weighted by Gasteiger charge is -2.32. The number of sulfonamides is 2. The highest BCUT2D eigenvalue weighted by Crippen LogP contribution is 2.38. The van der Waals surface area contributed by atoms with Crippen molar-refractivity contribution in [1.82, 2.24) is 9.44 Å². The van der Waals surface area contributed by atoms with E-state index in [4.69, 9.17) is 0 Å². The van der Waals surface area contributed by atoms with Gasteiger partial charge >= 0.3 is 0 Å². The molecule has 1 unspecified atom stereocenters. The lowest BCUT2D eigenvalue weighted by Crippen LogP contribution is -2.36. The fraction of sp³-hybridized carbons (Fsp3) is 0.571. The zero-order chi connectivity index (χ0) is 26.3. The van der Waals surface area contributed by atoms with Crippen LogP contribution in [0.4, 0.5) is 0 Å². The van der Waals surface area contributed by atoms with Crippen LogP contribution >= 0.6 is 0 Å². The monoisotopic (exact) mass is 534 g/mol. The van der Waals surface area contributed by atoms with Crippen molar-refractivity contribution < 1.29 is 16.8 Å². The fourth-order valence-electron chi connectivity index (χ4n) is 4.86. The second kappa shape index (κ2) is 12.7. The van der Waals surface area contributed by atoms with Crippen LogP contribution in [0.3, 0.4) is 0 Å². The summed E-state index contributed by atoms with van der Waals surface area (Å²) in [5, 5.41) is -0.401. The Kier molecular flexibility index (Phi) is 10.1. The van der Waals surface area contributed by atoms with Gasteiger partial charge in [-0.25, -0.2) is 26.3 Å². The molecule has 6 nitrogen and oxygen atoms in total. The van der Waals surface area contributed by atoms with E-state index in [2.05, 4.69) is 40.6 Å². The number of nitrogens with one attached hydrogen (secondary N) is 2. The Labute approximate surface area is 218 Å². The molecule has 0 aliphatic heterocycles. The van der Waals surface area contributed by atoms with E-state index in [-0.39, 0.29) is 5.75 Å². The minimum absolute atomic E-state index is 0.00287. The maximum Gasteiger partial charge on any atom is 0.215 e. The third-order valence-corrected chi connectivity index (χ3v) is 10.6. The molecule has 2 aromatic rings. The summed E-state index contributed by atoms with van der Waals surface area (Å²) in [6.45, 7) is 8.44. The van der Waals surface area contributed by atoms with Crippen molar-refractivity contribution in [2.45, 2.75) is 76.7 Å². The van der Waals surface area contributed by atoms with Crippen LogP contribution in [0.1, 0.15) is 74.6 Å². The van der Waals surface area contributed by atoms with E-state index in [0.717, 1.165) is 42.4 Å². The predicted molar refractivity (Wildman–Crippen MR) is 148 cm³/mol. The van der Waals surface area contributed by atoms with E-state index in [1.165, 1.54) is 5.56 Å². The van der Waals surface area contributed by atoms with Crippen LogP contribution in [0.5, 0.6) is 0 Å². The van der Waals surface area contributed by atoms with Crippen molar-refractivity contribution in [3.8, 4) is 0 Å². The quantitative estimate of drug-likeness (QED) is 0.405. The van der Waals surface area contributed by atoms with Crippen molar-refractivity contribution in [2.24, 2.45) is 11.8 Å². The first-order valence-electron chi connectivity index (χ1n) is 13.1. The molecular formula is C28H42N2O4S2. The van der Waals surface area contributed by atoms with Crippen molar-refractivity contribution >= 4 is 20.0 Å². The topological polar surface area (TPSA) is 92.3 Å². The molecule has 0 radical (unpaired) electrons. The molecule has 0 spiro atoms. The van der Waals surface area contributed by atoms with Gasteiger partial charge in [0.1, 0.15) is 0 Å². The molecule has 3 rings (SSSR count). The Hall–Kier alpha value is -1.74. The molecular weight excluding hydrogens is 492 g/mol. The number of hydrogen-bond acceptors (Lipinski definition) is 4. The van der Waals surface area contributed by atoms with Gasteiger partial charge in [0.2, 0.25) is 20.0 Å². The van der Waals surface area contributed by atoms with Crippen molar-refractivity contribution in [3.63, 3.8) is 0 Å². The van der Waals surface area contributed by atoms with E-state index in [1.54, 1.807) is 13.8 Å². The molecule has 1 atom stereocenters. The Morgan fingerprint density at radius 2 is 1.39 bits per heavy atom. The molecule has 1 saturated carbocycles. The Morgan fingerprint density at radius 1 is 0.806 bits per heavy atom. The number of hydrogen-bond donors (Lipinski definition) is 2. The second-order valence-electron chi connectivity index (χ2n) is 10.7. The maximum absolute atomic E-state index is 12.4. The molecule has 200 valence electrons. The molecule has 0 amide bonds. The minimum atomic E-state index is -3.36. The summed E-state index contributed by atoms with van der Waals surface area (Å²) in [5.74, 6) is 1.40. The summed E-state index contributed by atoms with van der Waals surface area (Å²) < 4.78 is 54.3. The average Bonchev–Trinajstić information content (AvgIpc) is 2.84. The molecule has 1 fully saturated rings. The Bertz CT molecular complexity index is 1170. The van der Waals surface area contributed by atoms with Crippen molar-refractivity contribution in [2.75, 3.05) is 13.1 Å². The van der Waals surface area contributed by atoms with E-state index in [0.29, 0.717) is 37.3 Å². The predicted octanol–water partition coefficient (Wildman–Crippen LogP) is 4.89. The first kappa shape index (κ1) is 28.8. The molecule has 1 aliphatic rings. The Balaban J connectivity index is 1.42. The molecule has 36 heavy (non-hydrogen) atoms. The largest absolute Gasteiger partial charge is 0.215 e. The molecule has 1 aliphatic carbocycles. The van der Waals surface area contributed by atoms with Crippen molar-refractivity contribution in [1.29, 1.82) is 0 Å². The average molecular weight is 535 g/mol. The van der Waals surface area contributed by atoms with Gasteiger partial charge < -0.3 is 0 Å². The van der Waals surface area contributed by atoms with E-state index >= 15 is 0 Å². The second-order valence-corrected chi connectivity index (χ2v) is 14.8. The summed E-state index contributed by atoms with van der Waals surface area (Å²) >= 11 is 0. The van der Waals surface area contributed by atoms with Gasteiger partial charge in [-0.3, -0.25) is 0 Å². The third-order valence-electron chi connectivity index (χ3n) is 7.47. The van der Waals surface area contributed by atoms with Gasteiger partial charge in [-0.15, -0.1) is 0 Å². The first-order chi connectivity index (χ1) is 16.9. The van der Waals surface area contributed by atoms with Crippen LogP contribution in [0, 0.1) is 18.8 Å². The Morgan fingerprint density at radius 3 is 1.97 bits per heavy atom. The van der Waals surface area contributed by atoms with Crippen LogP contribution in [0.15, 0.2) is 48.5 Å². The fourth-order valence-corrected chi connectivity index (χ4v) is 6.84. The van der Waals surface area contributed by atoms with E-state index in [1.807, 2.05) is 31.2 Å². The SMILES string of the molecule is Cc1ccc(CS(=O)(=O)NCCc2ccc(C3CCC(C(C)CNS(=O)(=O)C(C)C)CC3)cc2)cc1. The molecule has 0 saturated heterocycles.